The maximum Gasteiger partial charge on any atom is 0.309 e. The molecule has 0 atom stereocenters. The van der Waals surface area contributed by atoms with Crippen molar-refractivity contribution in [2.24, 2.45) is 0 Å². The van der Waals surface area contributed by atoms with Gasteiger partial charge in [-0.15, -0.1) is 0 Å². The molecular weight excluding hydrogens is 237 g/mol. The minimum atomic E-state index is -0.317. The molecule has 0 saturated heterocycles. The smallest absolute Gasteiger partial charge is 0.309 e. The van der Waals surface area contributed by atoms with Crippen molar-refractivity contribution in [1.82, 2.24) is 4.98 Å². The zero-order valence-corrected chi connectivity index (χ0v) is 9.55. The molecule has 1 aromatic rings. The molecule has 1 rings (SSSR count). The average Bonchev–Trinajstić information content (AvgIpc) is 2.22. The molecule has 0 amide bonds. The number of ether oxygens (including phenoxy) is 1. The van der Waals surface area contributed by atoms with E-state index in [1.54, 1.807) is 18.2 Å². The van der Waals surface area contributed by atoms with Crippen LogP contribution in [0, 0.1) is 0 Å². The van der Waals surface area contributed by atoms with Gasteiger partial charge in [-0.1, -0.05) is 35.4 Å². The molecule has 80 valence electrons. The Labute approximate surface area is 97.7 Å². The first-order valence-corrected chi connectivity index (χ1v) is 4.94. The number of hydrogen-bond acceptors (Lipinski definition) is 3. The molecular formula is C10H9Cl2NO2. The fraction of sp³-hybridized carbons (Fsp3) is 0.200. The van der Waals surface area contributed by atoms with Crippen LogP contribution in [0.25, 0.3) is 6.08 Å². The summed E-state index contributed by atoms with van der Waals surface area (Å²) in [6, 6.07) is 1.63. The number of rotatable bonds is 3. The Morgan fingerprint density at radius 2 is 2.33 bits per heavy atom. The molecule has 1 heterocycles. The highest BCUT2D eigenvalue weighted by molar-refractivity contribution is 6.36. The molecule has 0 spiro atoms. The number of methoxy groups -OCH3 is 1. The Hall–Kier alpha value is -1.06. The summed E-state index contributed by atoms with van der Waals surface area (Å²) in [4.78, 5) is 14.7. The maximum atomic E-state index is 10.8. The summed E-state index contributed by atoms with van der Waals surface area (Å²) in [7, 11) is 1.33. The number of pyridine rings is 1. The van der Waals surface area contributed by atoms with E-state index in [2.05, 4.69) is 9.72 Å². The number of hydrogen-bond donors (Lipinski definition) is 0. The van der Waals surface area contributed by atoms with Gasteiger partial charge in [0.05, 0.1) is 18.6 Å². The first-order chi connectivity index (χ1) is 7.15. The molecule has 0 saturated carbocycles. The second kappa shape index (κ2) is 5.73. The lowest BCUT2D eigenvalue weighted by atomic mass is 10.2. The van der Waals surface area contributed by atoms with Gasteiger partial charge in [0.25, 0.3) is 0 Å². The molecule has 0 radical (unpaired) electrons. The van der Waals surface area contributed by atoms with Crippen molar-refractivity contribution in [3.63, 3.8) is 0 Å². The van der Waals surface area contributed by atoms with Gasteiger partial charge < -0.3 is 4.74 Å². The number of aromatic nitrogens is 1. The van der Waals surface area contributed by atoms with E-state index in [1.807, 2.05) is 0 Å². The summed E-state index contributed by atoms with van der Waals surface area (Å²) in [5, 5.41) is 0.805. The van der Waals surface area contributed by atoms with E-state index in [9.17, 15) is 4.79 Å². The van der Waals surface area contributed by atoms with Gasteiger partial charge in [-0.25, -0.2) is 4.98 Å². The van der Waals surface area contributed by atoms with Gasteiger partial charge in [0.1, 0.15) is 5.15 Å². The van der Waals surface area contributed by atoms with E-state index in [1.165, 1.54) is 13.3 Å². The summed E-state index contributed by atoms with van der Waals surface area (Å²) in [5.41, 5.74) is 0.602. The van der Waals surface area contributed by atoms with Crippen LogP contribution in [0.3, 0.4) is 0 Å². The van der Waals surface area contributed by atoms with Crippen LogP contribution in [-0.4, -0.2) is 18.1 Å². The Bertz CT molecular complexity index is 371. The van der Waals surface area contributed by atoms with E-state index in [0.717, 1.165) is 0 Å². The monoisotopic (exact) mass is 245 g/mol. The third kappa shape index (κ3) is 3.53. The van der Waals surface area contributed by atoms with Crippen molar-refractivity contribution < 1.29 is 9.53 Å². The van der Waals surface area contributed by atoms with Gasteiger partial charge in [0, 0.05) is 11.8 Å². The van der Waals surface area contributed by atoms with Gasteiger partial charge in [-0.05, 0) is 6.07 Å². The lowest BCUT2D eigenvalue weighted by Gasteiger charge is -1.99. The van der Waals surface area contributed by atoms with Gasteiger partial charge in [0.2, 0.25) is 0 Å². The van der Waals surface area contributed by atoms with Crippen molar-refractivity contribution in [3.8, 4) is 0 Å². The highest BCUT2D eigenvalue weighted by Crippen LogP contribution is 2.23. The van der Waals surface area contributed by atoms with Crippen LogP contribution in [0.4, 0.5) is 0 Å². The minimum Gasteiger partial charge on any atom is -0.469 e. The molecule has 1 aromatic heterocycles. The fourth-order valence-electron chi connectivity index (χ4n) is 0.931. The summed E-state index contributed by atoms with van der Waals surface area (Å²) >= 11 is 11.7. The molecule has 0 unspecified atom stereocenters. The van der Waals surface area contributed by atoms with Gasteiger partial charge >= 0.3 is 5.97 Å². The summed E-state index contributed by atoms with van der Waals surface area (Å²) in [6.45, 7) is 0. The Morgan fingerprint density at radius 3 is 2.93 bits per heavy atom. The van der Waals surface area contributed by atoms with Crippen LogP contribution in [0.2, 0.25) is 10.2 Å². The maximum absolute atomic E-state index is 10.8. The molecule has 0 aliphatic carbocycles. The van der Waals surface area contributed by atoms with Gasteiger partial charge in [-0.2, -0.15) is 0 Å². The van der Waals surface area contributed by atoms with E-state index < -0.39 is 0 Å². The normalized spacial score (nSPS) is 10.6. The van der Waals surface area contributed by atoms with Gasteiger partial charge in [0.15, 0.2) is 0 Å². The van der Waals surface area contributed by atoms with Crippen LogP contribution in [0.15, 0.2) is 18.3 Å². The Kier molecular flexibility index (Phi) is 4.59. The van der Waals surface area contributed by atoms with Gasteiger partial charge in [-0.3, -0.25) is 4.79 Å². The van der Waals surface area contributed by atoms with Crippen LogP contribution in [-0.2, 0) is 9.53 Å². The predicted octanol–water partition coefficient (Wildman–Crippen LogP) is 2.96. The molecule has 0 N–H and O–H groups in total. The topological polar surface area (TPSA) is 39.2 Å². The second-order valence-electron chi connectivity index (χ2n) is 2.68. The standard InChI is InChI=1S/C10H9Cl2NO2/c1-15-9(14)4-2-3-7-8(11)5-6-13-10(7)12/h2-3,5-6H,4H2,1H3. The Balaban J connectivity index is 2.76. The lowest BCUT2D eigenvalue weighted by Crippen LogP contribution is -1.96. The van der Waals surface area contributed by atoms with Crippen LogP contribution < -0.4 is 0 Å². The SMILES string of the molecule is COC(=O)CC=Cc1c(Cl)ccnc1Cl. The van der Waals surface area contributed by atoms with Crippen LogP contribution in [0.5, 0.6) is 0 Å². The molecule has 15 heavy (non-hydrogen) atoms. The second-order valence-corrected chi connectivity index (χ2v) is 3.45. The first kappa shape index (κ1) is 12.0. The molecule has 5 heteroatoms. The fourth-order valence-corrected chi connectivity index (χ4v) is 1.41. The Morgan fingerprint density at radius 1 is 1.60 bits per heavy atom. The lowest BCUT2D eigenvalue weighted by molar-refractivity contribution is -0.139. The predicted molar refractivity (Wildman–Crippen MR) is 59.9 cm³/mol. The van der Waals surface area contributed by atoms with E-state index in [-0.39, 0.29) is 12.4 Å². The largest absolute Gasteiger partial charge is 0.469 e. The number of nitrogens with zero attached hydrogens (tertiary/aromatic N) is 1. The zero-order valence-electron chi connectivity index (χ0n) is 8.04. The highest BCUT2D eigenvalue weighted by Gasteiger charge is 2.02. The number of halogens is 2. The summed E-state index contributed by atoms with van der Waals surface area (Å²) < 4.78 is 4.48. The molecule has 0 aromatic carbocycles. The van der Waals surface area contributed by atoms with E-state index >= 15 is 0 Å². The molecule has 0 fully saturated rings. The number of carbonyl (C=O) groups excluding carboxylic acids is 1. The molecule has 3 nitrogen and oxygen atoms in total. The third-order valence-electron chi connectivity index (χ3n) is 1.69. The number of esters is 1. The van der Waals surface area contributed by atoms with Crippen molar-refractivity contribution in [1.29, 1.82) is 0 Å². The average molecular weight is 246 g/mol. The van der Waals surface area contributed by atoms with Crippen LogP contribution in [0.1, 0.15) is 12.0 Å². The molecule has 0 aliphatic heterocycles. The van der Waals surface area contributed by atoms with E-state index in [0.29, 0.717) is 15.7 Å². The summed E-state index contributed by atoms with van der Waals surface area (Å²) in [6.07, 6.45) is 4.97. The minimum absolute atomic E-state index is 0.179. The van der Waals surface area contributed by atoms with Crippen molar-refractivity contribution in [2.75, 3.05) is 7.11 Å². The molecule has 0 bridgehead atoms. The quantitative estimate of drug-likeness (QED) is 0.608. The first-order valence-electron chi connectivity index (χ1n) is 4.18. The van der Waals surface area contributed by atoms with Crippen molar-refractivity contribution in [2.45, 2.75) is 6.42 Å². The van der Waals surface area contributed by atoms with Crippen molar-refractivity contribution in [3.05, 3.63) is 34.1 Å². The van der Waals surface area contributed by atoms with E-state index in [4.69, 9.17) is 23.2 Å². The van der Waals surface area contributed by atoms with Crippen LogP contribution >= 0.6 is 23.2 Å². The third-order valence-corrected chi connectivity index (χ3v) is 2.32. The summed E-state index contributed by atoms with van der Waals surface area (Å²) in [5.74, 6) is -0.317. The molecule has 0 aliphatic rings. The highest BCUT2D eigenvalue weighted by atomic mass is 35.5. The zero-order chi connectivity index (χ0) is 11.3. The number of carbonyl (C=O) groups is 1. The van der Waals surface area contributed by atoms with Crippen molar-refractivity contribution >= 4 is 35.2 Å².